The number of nitrogens with zero attached hydrogens (tertiary/aromatic N) is 2. The second-order valence-electron chi connectivity index (χ2n) is 8.40. The van der Waals surface area contributed by atoms with Gasteiger partial charge in [0.1, 0.15) is 6.54 Å². The second kappa shape index (κ2) is 9.72. The average molecular weight is 532 g/mol. The molecule has 3 aromatic carbocycles. The Morgan fingerprint density at radius 3 is 2.35 bits per heavy atom. The lowest BCUT2D eigenvalue weighted by atomic mass is 10.1. The number of aromatic nitrogens is 1. The quantitative estimate of drug-likeness (QED) is 0.356. The number of thioether (sulfide) groups is 1. The van der Waals surface area contributed by atoms with Crippen LogP contribution in [0.1, 0.15) is 11.1 Å². The molecule has 0 radical (unpaired) electrons. The summed E-state index contributed by atoms with van der Waals surface area (Å²) < 4.78 is 28.0. The number of nitrogens with one attached hydrogen (secondary N) is 1. The largest absolute Gasteiger partial charge is 0.325 e. The normalized spacial score (nSPS) is 15.1. The highest BCUT2D eigenvalue weighted by atomic mass is 32.2. The topological polar surface area (TPSA) is 106 Å². The van der Waals surface area contributed by atoms with Gasteiger partial charge in [-0.2, -0.15) is 0 Å². The monoisotopic (exact) mass is 531 g/mol. The van der Waals surface area contributed by atoms with E-state index in [4.69, 9.17) is 0 Å². The fourth-order valence-corrected chi connectivity index (χ4v) is 6.16. The first-order valence-electron chi connectivity index (χ1n) is 11.3. The van der Waals surface area contributed by atoms with Crippen LogP contribution in [0.15, 0.2) is 94.9 Å². The van der Waals surface area contributed by atoms with E-state index in [9.17, 15) is 22.8 Å². The zero-order valence-electron chi connectivity index (χ0n) is 19.6. The number of rotatable bonds is 6. The van der Waals surface area contributed by atoms with Gasteiger partial charge in [-0.1, -0.05) is 54.1 Å². The van der Waals surface area contributed by atoms with Gasteiger partial charge in [0.2, 0.25) is 5.91 Å². The molecule has 0 spiro atoms. The number of hydrogen-bond donors (Lipinski definition) is 1. The number of imide groups is 1. The van der Waals surface area contributed by atoms with E-state index in [0.717, 1.165) is 10.5 Å². The van der Waals surface area contributed by atoms with Crippen molar-refractivity contribution < 1.29 is 22.8 Å². The molecule has 1 aromatic heterocycles. The van der Waals surface area contributed by atoms with Crippen molar-refractivity contribution in [3.05, 3.63) is 101 Å². The molecule has 0 unspecified atom stereocenters. The van der Waals surface area contributed by atoms with Crippen LogP contribution in [-0.2, 0) is 19.6 Å². The highest BCUT2D eigenvalue weighted by Gasteiger charge is 2.36. The van der Waals surface area contributed by atoms with Gasteiger partial charge in [0.25, 0.3) is 21.2 Å². The summed E-state index contributed by atoms with van der Waals surface area (Å²) in [5, 5.41) is 2.68. The fourth-order valence-electron chi connectivity index (χ4n) is 3.96. The number of amides is 3. The number of aryl methyl sites for hydroxylation is 1. The molecule has 1 aliphatic heterocycles. The summed E-state index contributed by atoms with van der Waals surface area (Å²) in [5.74, 6) is -1.12. The Morgan fingerprint density at radius 1 is 0.946 bits per heavy atom. The highest BCUT2D eigenvalue weighted by Crippen LogP contribution is 2.35. The van der Waals surface area contributed by atoms with E-state index in [0.29, 0.717) is 33.9 Å². The predicted octanol–water partition coefficient (Wildman–Crippen LogP) is 4.86. The number of para-hydroxylation sites is 2. The molecule has 0 aliphatic carbocycles. The highest BCUT2D eigenvalue weighted by molar-refractivity contribution is 8.18. The van der Waals surface area contributed by atoms with Gasteiger partial charge in [-0.15, -0.1) is 0 Å². The second-order valence-corrected chi connectivity index (χ2v) is 11.2. The summed E-state index contributed by atoms with van der Waals surface area (Å²) in [7, 11) is -3.91. The van der Waals surface area contributed by atoms with Gasteiger partial charge in [0, 0.05) is 22.8 Å². The van der Waals surface area contributed by atoms with Gasteiger partial charge in [-0.05, 0) is 55.1 Å². The lowest BCUT2D eigenvalue weighted by molar-refractivity contribution is -0.127. The zero-order valence-corrected chi connectivity index (χ0v) is 21.3. The van der Waals surface area contributed by atoms with Crippen molar-refractivity contribution in [2.45, 2.75) is 11.8 Å². The minimum Gasteiger partial charge on any atom is -0.325 e. The summed E-state index contributed by atoms with van der Waals surface area (Å²) >= 11 is 0.708. The minimum atomic E-state index is -3.91. The SMILES string of the molecule is Cc1ccc(S(=O)(=O)n2cc(/C=C3\SC(=O)N(CC(=O)Nc4ccccc4)C3=O)c3ccccc32)cc1. The fraction of sp³-hybridized carbons (Fsp3) is 0.0741. The Balaban J connectivity index is 1.45. The number of fused-ring (bicyclic) bond motifs is 1. The van der Waals surface area contributed by atoms with Crippen molar-refractivity contribution in [3.8, 4) is 0 Å². The molecule has 1 saturated heterocycles. The van der Waals surface area contributed by atoms with Gasteiger partial charge in [0.05, 0.1) is 15.3 Å². The van der Waals surface area contributed by atoms with Crippen LogP contribution in [0.25, 0.3) is 17.0 Å². The van der Waals surface area contributed by atoms with Crippen LogP contribution < -0.4 is 5.32 Å². The lowest BCUT2D eigenvalue weighted by Crippen LogP contribution is -2.36. The smallest absolute Gasteiger partial charge is 0.294 e. The third-order valence-corrected chi connectivity index (χ3v) is 8.40. The third kappa shape index (κ3) is 4.81. The van der Waals surface area contributed by atoms with E-state index >= 15 is 0 Å². The Kier molecular flexibility index (Phi) is 6.45. The Labute approximate surface area is 217 Å². The van der Waals surface area contributed by atoms with Crippen LogP contribution in [0.3, 0.4) is 0 Å². The maximum Gasteiger partial charge on any atom is 0.294 e. The molecular formula is C27H21N3O5S2. The Morgan fingerprint density at radius 2 is 1.62 bits per heavy atom. The molecule has 0 bridgehead atoms. The summed E-state index contributed by atoms with van der Waals surface area (Å²) in [6.07, 6.45) is 2.93. The number of benzene rings is 3. The van der Waals surface area contributed by atoms with Crippen LogP contribution in [-0.4, -0.2) is 40.9 Å². The summed E-state index contributed by atoms with van der Waals surface area (Å²) in [5.41, 5.74) is 2.39. The molecule has 4 aromatic rings. The molecule has 3 amide bonds. The lowest BCUT2D eigenvalue weighted by Gasteiger charge is -2.12. The number of hydrogen-bond acceptors (Lipinski definition) is 6. The molecule has 10 heteroatoms. The van der Waals surface area contributed by atoms with Crippen molar-refractivity contribution in [2.75, 3.05) is 11.9 Å². The molecule has 1 N–H and O–H groups in total. The average Bonchev–Trinajstić information content (AvgIpc) is 3.38. The third-order valence-electron chi connectivity index (χ3n) is 5.81. The molecule has 1 aliphatic rings. The molecule has 8 nitrogen and oxygen atoms in total. The van der Waals surface area contributed by atoms with Gasteiger partial charge in [-0.25, -0.2) is 12.4 Å². The van der Waals surface area contributed by atoms with E-state index in [1.807, 2.05) is 6.92 Å². The Hall–Kier alpha value is -4.15. The van der Waals surface area contributed by atoms with Gasteiger partial charge >= 0.3 is 0 Å². The summed E-state index contributed by atoms with van der Waals surface area (Å²) in [6.45, 7) is 1.44. The molecule has 5 rings (SSSR count). The van der Waals surface area contributed by atoms with Crippen LogP contribution in [0, 0.1) is 6.92 Å². The standard InChI is InChI=1S/C27H21N3O5S2/c1-18-11-13-21(14-12-18)37(34,35)30-16-19(22-9-5-6-10-23(22)30)15-24-26(32)29(27(33)36-24)17-25(31)28-20-7-3-2-4-8-20/h2-16H,17H2,1H3,(H,28,31)/b24-15-. The van der Waals surface area contributed by atoms with Crippen molar-refractivity contribution in [1.29, 1.82) is 0 Å². The van der Waals surface area contributed by atoms with E-state index in [-0.39, 0.29) is 9.80 Å². The Bertz CT molecular complexity index is 1670. The summed E-state index contributed by atoms with van der Waals surface area (Å²) in [6, 6.07) is 22.2. The van der Waals surface area contributed by atoms with Crippen molar-refractivity contribution in [3.63, 3.8) is 0 Å². The zero-order chi connectivity index (χ0) is 26.2. The van der Waals surface area contributed by atoms with E-state index in [1.165, 1.54) is 16.2 Å². The van der Waals surface area contributed by atoms with E-state index < -0.39 is 33.6 Å². The van der Waals surface area contributed by atoms with Crippen LogP contribution in [0.2, 0.25) is 0 Å². The van der Waals surface area contributed by atoms with Crippen LogP contribution >= 0.6 is 11.8 Å². The number of carbonyl (C=O) groups excluding carboxylic acids is 3. The molecule has 37 heavy (non-hydrogen) atoms. The van der Waals surface area contributed by atoms with Crippen molar-refractivity contribution in [1.82, 2.24) is 8.87 Å². The molecule has 0 saturated carbocycles. The molecular weight excluding hydrogens is 510 g/mol. The minimum absolute atomic E-state index is 0.105. The predicted molar refractivity (Wildman–Crippen MR) is 143 cm³/mol. The summed E-state index contributed by atoms with van der Waals surface area (Å²) in [4.78, 5) is 39.1. The van der Waals surface area contributed by atoms with Crippen molar-refractivity contribution in [2.24, 2.45) is 0 Å². The first-order valence-corrected chi connectivity index (χ1v) is 13.5. The van der Waals surface area contributed by atoms with E-state index in [2.05, 4.69) is 5.32 Å². The molecule has 186 valence electrons. The van der Waals surface area contributed by atoms with Crippen molar-refractivity contribution >= 4 is 61.5 Å². The van der Waals surface area contributed by atoms with Crippen LogP contribution in [0.5, 0.6) is 0 Å². The van der Waals surface area contributed by atoms with Gasteiger partial charge < -0.3 is 5.32 Å². The first kappa shape index (κ1) is 24.5. The number of anilines is 1. The first-order chi connectivity index (χ1) is 17.7. The molecule has 1 fully saturated rings. The van der Waals surface area contributed by atoms with Gasteiger partial charge in [0.15, 0.2) is 0 Å². The van der Waals surface area contributed by atoms with E-state index in [1.54, 1.807) is 78.9 Å². The maximum absolute atomic E-state index is 13.4. The van der Waals surface area contributed by atoms with Gasteiger partial charge in [-0.3, -0.25) is 19.3 Å². The molecule has 0 atom stereocenters. The number of carbonyl (C=O) groups is 3. The maximum atomic E-state index is 13.4. The molecule has 2 heterocycles. The van der Waals surface area contributed by atoms with Crippen LogP contribution in [0.4, 0.5) is 10.5 Å².